The molecule has 0 aliphatic carbocycles. The normalized spacial score (nSPS) is 16.9. The van der Waals surface area contributed by atoms with Crippen LogP contribution in [0.2, 0.25) is 0 Å². The molecule has 2 aromatic heterocycles. The summed E-state index contributed by atoms with van der Waals surface area (Å²) >= 11 is 0. The lowest BCUT2D eigenvalue weighted by atomic mass is 10.1. The highest BCUT2D eigenvalue weighted by molar-refractivity contribution is 5.76. The van der Waals surface area contributed by atoms with Crippen LogP contribution in [0.1, 0.15) is 67.4 Å². The van der Waals surface area contributed by atoms with E-state index < -0.39 is 0 Å². The fourth-order valence-corrected chi connectivity index (χ4v) is 4.72. The number of nitrogens with one attached hydrogen (secondary N) is 1. The molecule has 1 N–H and O–H groups in total. The lowest BCUT2D eigenvalue weighted by Gasteiger charge is -2.23. The molecule has 7 heteroatoms. The highest BCUT2D eigenvalue weighted by atomic mass is 19.1. The molecule has 3 heterocycles. The summed E-state index contributed by atoms with van der Waals surface area (Å²) in [6, 6.07) is 9.23. The van der Waals surface area contributed by atoms with Crippen molar-refractivity contribution in [2.45, 2.75) is 72.0 Å². The van der Waals surface area contributed by atoms with E-state index in [0.29, 0.717) is 19.4 Å². The minimum absolute atomic E-state index is 0.0546. The lowest BCUT2D eigenvalue weighted by molar-refractivity contribution is -0.121. The summed E-state index contributed by atoms with van der Waals surface area (Å²) in [5, 5.41) is 7.87. The molecule has 0 saturated carbocycles. The van der Waals surface area contributed by atoms with Crippen molar-refractivity contribution in [3.63, 3.8) is 0 Å². The molecular weight excluding hydrogens is 405 g/mol. The smallest absolute Gasteiger partial charge is 0.220 e. The van der Waals surface area contributed by atoms with Crippen LogP contribution < -0.4 is 5.32 Å². The van der Waals surface area contributed by atoms with Gasteiger partial charge in [0.2, 0.25) is 5.91 Å². The number of rotatable bonds is 7. The number of hydrogen-bond acceptors (Lipinski definition) is 4. The van der Waals surface area contributed by atoms with Crippen molar-refractivity contribution >= 4 is 11.6 Å². The molecule has 1 saturated heterocycles. The van der Waals surface area contributed by atoms with Gasteiger partial charge in [0, 0.05) is 36.5 Å². The Balaban J connectivity index is 1.56. The second kappa shape index (κ2) is 9.36. The van der Waals surface area contributed by atoms with Crippen molar-refractivity contribution < 1.29 is 9.18 Å². The molecule has 1 amide bonds. The summed E-state index contributed by atoms with van der Waals surface area (Å²) in [6.07, 6.45) is 3.20. The van der Waals surface area contributed by atoms with Gasteiger partial charge in [-0.05, 0) is 76.8 Å². The zero-order valence-electron chi connectivity index (χ0n) is 19.4. The Bertz CT molecular complexity index is 1120. The average Bonchev–Trinajstić information content (AvgIpc) is 3.34. The first-order valence-corrected chi connectivity index (χ1v) is 11.5. The molecule has 6 nitrogen and oxygen atoms in total. The fourth-order valence-electron chi connectivity index (χ4n) is 4.72. The average molecular weight is 438 g/mol. The van der Waals surface area contributed by atoms with Gasteiger partial charge in [0.1, 0.15) is 5.82 Å². The molecule has 1 fully saturated rings. The third-order valence-electron chi connectivity index (χ3n) is 6.21. The van der Waals surface area contributed by atoms with E-state index in [1.165, 1.54) is 6.07 Å². The Hall–Kier alpha value is -2.80. The van der Waals surface area contributed by atoms with Gasteiger partial charge in [0.25, 0.3) is 0 Å². The molecule has 170 valence electrons. The van der Waals surface area contributed by atoms with Crippen LogP contribution in [-0.4, -0.2) is 38.0 Å². The highest BCUT2D eigenvalue weighted by Gasteiger charge is 2.29. The maximum Gasteiger partial charge on any atom is 0.220 e. The van der Waals surface area contributed by atoms with Gasteiger partial charge >= 0.3 is 0 Å². The van der Waals surface area contributed by atoms with Crippen molar-refractivity contribution in [2.75, 3.05) is 6.54 Å². The third-order valence-corrected chi connectivity index (χ3v) is 6.21. The number of halogens is 1. The van der Waals surface area contributed by atoms with Gasteiger partial charge in [0.05, 0.1) is 11.7 Å². The number of fused-ring (bicyclic) bond motifs is 1. The number of hydrogen-bond donors (Lipinski definition) is 1. The maximum absolute atomic E-state index is 13.6. The second-order valence-electron chi connectivity index (χ2n) is 9.08. The van der Waals surface area contributed by atoms with E-state index in [1.54, 1.807) is 12.1 Å². The summed E-state index contributed by atoms with van der Waals surface area (Å²) in [7, 11) is 0. The first-order chi connectivity index (χ1) is 15.3. The first kappa shape index (κ1) is 22.4. The largest absolute Gasteiger partial charge is 0.354 e. The van der Waals surface area contributed by atoms with Crippen LogP contribution in [0.4, 0.5) is 4.39 Å². The Morgan fingerprint density at radius 3 is 2.84 bits per heavy atom. The molecule has 0 spiro atoms. The number of carbonyl (C=O) groups is 1. The Labute approximate surface area is 188 Å². The summed E-state index contributed by atoms with van der Waals surface area (Å²) in [5.41, 5.74) is 5.88. The molecule has 0 bridgehead atoms. The summed E-state index contributed by atoms with van der Waals surface area (Å²) in [6.45, 7) is 9.66. The van der Waals surface area contributed by atoms with Crippen LogP contribution in [0.3, 0.4) is 0 Å². The topological polar surface area (TPSA) is 62.5 Å². The monoisotopic (exact) mass is 437 g/mol. The van der Waals surface area contributed by atoms with Crippen LogP contribution >= 0.6 is 0 Å². The molecule has 32 heavy (non-hydrogen) atoms. The van der Waals surface area contributed by atoms with E-state index in [4.69, 9.17) is 10.1 Å². The van der Waals surface area contributed by atoms with Crippen LogP contribution in [0, 0.1) is 19.7 Å². The van der Waals surface area contributed by atoms with Gasteiger partial charge in [-0.25, -0.2) is 13.9 Å². The van der Waals surface area contributed by atoms with Crippen LogP contribution in [-0.2, 0) is 17.8 Å². The van der Waals surface area contributed by atoms with E-state index in [1.807, 2.05) is 38.3 Å². The van der Waals surface area contributed by atoms with Crippen LogP contribution in [0.25, 0.3) is 5.65 Å². The number of likely N-dealkylation sites (tertiary alicyclic amines) is 1. The Morgan fingerprint density at radius 2 is 2.09 bits per heavy atom. The number of aromatic nitrogens is 3. The van der Waals surface area contributed by atoms with E-state index in [-0.39, 0.29) is 23.8 Å². The number of aryl methyl sites for hydroxylation is 2. The zero-order valence-corrected chi connectivity index (χ0v) is 19.4. The summed E-state index contributed by atoms with van der Waals surface area (Å²) < 4.78 is 15.5. The minimum Gasteiger partial charge on any atom is -0.354 e. The predicted molar refractivity (Wildman–Crippen MR) is 123 cm³/mol. The Morgan fingerprint density at radius 1 is 1.28 bits per heavy atom. The first-order valence-electron chi connectivity index (χ1n) is 11.5. The van der Waals surface area contributed by atoms with Crippen molar-refractivity contribution in [1.82, 2.24) is 24.8 Å². The molecule has 0 radical (unpaired) electrons. The molecule has 1 aliphatic rings. The minimum atomic E-state index is -0.198. The van der Waals surface area contributed by atoms with Gasteiger partial charge in [-0.3, -0.25) is 9.69 Å². The summed E-state index contributed by atoms with van der Waals surface area (Å²) in [5.74, 6) is -0.144. The predicted octanol–water partition coefficient (Wildman–Crippen LogP) is 4.28. The molecule has 1 atom stereocenters. The van der Waals surface area contributed by atoms with E-state index in [9.17, 15) is 9.18 Å². The molecule has 4 rings (SSSR count). The number of nitrogens with zero attached hydrogens (tertiary/aromatic N) is 4. The van der Waals surface area contributed by atoms with Crippen LogP contribution in [0.5, 0.6) is 0 Å². The van der Waals surface area contributed by atoms with E-state index in [0.717, 1.165) is 53.2 Å². The van der Waals surface area contributed by atoms with E-state index in [2.05, 4.69) is 16.3 Å². The SMILES string of the molecule is Cc1nc2cc([C@@H]3CCCN3Cc3cccc(F)c3)nn2c(C)c1CCC(=O)NC(C)C. The van der Waals surface area contributed by atoms with Gasteiger partial charge in [-0.15, -0.1) is 0 Å². The van der Waals surface area contributed by atoms with Crippen LogP contribution in [0.15, 0.2) is 30.3 Å². The van der Waals surface area contributed by atoms with Crippen molar-refractivity contribution in [3.8, 4) is 0 Å². The Kier molecular flexibility index (Phi) is 6.55. The molecular formula is C25H32FN5O. The molecule has 1 aromatic carbocycles. The van der Waals surface area contributed by atoms with Gasteiger partial charge in [-0.2, -0.15) is 5.10 Å². The van der Waals surface area contributed by atoms with Crippen molar-refractivity contribution in [2.24, 2.45) is 0 Å². The molecule has 0 unspecified atom stereocenters. The highest BCUT2D eigenvalue weighted by Crippen LogP contribution is 2.33. The van der Waals surface area contributed by atoms with Crippen molar-refractivity contribution in [3.05, 3.63) is 64.4 Å². The zero-order chi connectivity index (χ0) is 22.8. The lowest BCUT2D eigenvalue weighted by Crippen LogP contribution is -2.30. The fraction of sp³-hybridized carbons (Fsp3) is 0.480. The number of carbonyl (C=O) groups excluding carboxylic acids is 1. The number of amides is 1. The van der Waals surface area contributed by atoms with Gasteiger partial charge in [0.15, 0.2) is 5.65 Å². The molecule has 3 aromatic rings. The second-order valence-corrected chi connectivity index (χ2v) is 9.08. The number of benzene rings is 1. The van der Waals surface area contributed by atoms with Gasteiger partial charge in [-0.1, -0.05) is 12.1 Å². The third kappa shape index (κ3) is 4.83. The standard InChI is InChI=1S/C25H32FN5O/c1-16(2)27-25(32)11-10-21-17(3)28-24-14-22(29-31(24)18(21)4)23-9-6-12-30(23)15-19-7-5-8-20(26)13-19/h5,7-8,13-14,16,23H,6,9-12,15H2,1-4H3,(H,27,32)/t23-/m0/s1. The molecule has 1 aliphatic heterocycles. The van der Waals surface area contributed by atoms with E-state index >= 15 is 0 Å². The van der Waals surface area contributed by atoms with Gasteiger partial charge < -0.3 is 5.32 Å². The maximum atomic E-state index is 13.6. The van der Waals surface area contributed by atoms with Crippen molar-refractivity contribution in [1.29, 1.82) is 0 Å². The quantitative estimate of drug-likeness (QED) is 0.599. The summed E-state index contributed by atoms with van der Waals surface area (Å²) in [4.78, 5) is 19.3.